The van der Waals surface area contributed by atoms with Crippen LogP contribution in [-0.2, 0) is 9.84 Å². The molecule has 2 aliphatic heterocycles. The largest absolute Gasteiger partial charge is 0.344 e. The number of aromatic nitrogens is 2. The average Bonchev–Trinajstić information content (AvgIpc) is 3.05. The lowest BCUT2D eigenvalue weighted by atomic mass is 10.2. The van der Waals surface area contributed by atoms with Crippen LogP contribution in [0.1, 0.15) is 31.2 Å². The fourth-order valence-electron chi connectivity index (χ4n) is 2.93. The lowest BCUT2D eigenvalue weighted by Crippen LogP contribution is -2.50. The first kappa shape index (κ1) is 15.2. The standard InChI is InChI=1S/C13H22N4O2S2/c1-10(2)12-14-15-13(20-12)17-6-4-16(5-7-17)11-3-8-21(18,19)9-11/h10-11H,3-9H2,1-2H3. The van der Waals surface area contributed by atoms with E-state index in [1.807, 2.05) is 0 Å². The second-order valence-corrected chi connectivity index (χ2v) is 9.37. The summed E-state index contributed by atoms with van der Waals surface area (Å²) in [7, 11) is -2.79. The van der Waals surface area contributed by atoms with Crippen LogP contribution in [0.25, 0.3) is 0 Å². The second-order valence-electron chi connectivity index (χ2n) is 6.16. The normalized spacial score (nSPS) is 26.6. The Morgan fingerprint density at radius 2 is 1.90 bits per heavy atom. The third-order valence-electron chi connectivity index (χ3n) is 4.23. The Kier molecular flexibility index (Phi) is 4.20. The maximum absolute atomic E-state index is 11.6. The van der Waals surface area contributed by atoms with E-state index < -0.39 is 9.84 Å². The van der Waals surface area contributed by atoms with Crippen molar-refractivity contribution in [3.63, 3.8) is 0 Å². The van der Waals surface area contributed by atoms with E-state index in [2.05, 4.69) is 33.8 Å². The molecule has 3 rings (SSSR count). The van der Waals surface area contributed by atoms with Gasteiger partial charge >= 0.3 is 0 Å². The molecule has 1 unspecified atom stereocenters. The van der Waals surface area contributed by atoms with Gasteiger partial charge in [0.15, 0.2) is 9.84 Å². The Labute approximate surface area is 130 Å². The summed E-state index contributed by atoms with van der Waals surface area (Å²) in [6.45, 7) is 7.89. The monoisotopic (exact) mass is 330 g/mol. The molecular weight excluding hydrogens is 308 g/mol. The Bertz CT molecular complexity index is 591. The Balaban J connectivity index is 1.57. The van der Waals surface area contributed by atoms with Crippen LogP contribution in [-0.4, -0.2) is 67.2 Å². The zero-order chi connectivity index (χ0) is 15.0. The van der Waals surface area contributed by atoms with Crippen LogP contribution in [0.5, 0.6) is 0 Å². The number of rotatable bonds is 3. The van der Waals surface area contributed by atoms with E-state index in [4.69, 9.17) is 0 Å². The highest BCUT2D eigenvalue weighted by Gasteiger charge is 2.34. The van der Waals surface area contributed by atoms with Crippen LogP contribution in [0.2, 0.25) is 0 Å². The van der Waals surface area contributed by atoms with E-state index in [-0.39, 0.29) is 6.04 Å². The van der Waals surface area contributed by atoms with Crippen molar-refractivity contribution < 1.29 is 8.42 Å². The molecule has 2 aliphatic rings. The molecule has 0 N–H and O–H groups in total. The molecule has 1 aromatic rings. The molecule has 8 heteroatoms. The first-order valence-corrected chi connectivity index (χ1v) is 10.1. The van der Waals surface area contributed by atoms with Crippen LogP contribution in [0, 0.1) is 0 Å². The number of hydrogen-bond donors (Lipinski definition) is 0. The van der Waals surface area contributed by atoms with E-state index in [9.17, 15) is 8.42 Å². The zero-order valence-corrected chi connectivity index (χ0v) is 14.2. The molecule has 2 fully saturated rings. The highest BCUT2D eigenvalue weighted by molar-refractivity contribution is 7.91. The summed E-state index contributed by atoms with van der Waals surface area (Å²) >= 11 is 1.67. The summed E-state index contributed by atoms with van der Waals surface area (Å²) in [6.07, 6.45) is 0.790. The molecule has 0 saturated carbocycles. The van der Waals surface area contributed by atoms with Crippen LogP contribution in [0.15, 0.2) is 0 Å². The molecule has 0 aromatic carbocycles. The summed E-state index contributed by atoms with van der Waals surface area (Å²) in [5, 5.41) is 10.6. The third kappa shape index (κ3) is 3.37. The molecule has 0 aliphatic carbocycles. The van der Waals surface area contributed by atoms with Gasteiger partial charge < -0.3 is 4.90 Å². The van der Waals surface area contributed by atoms with E-state index in [0.717, 1.165) is 42.7 Å². The first-order chi connectivity index (χ1) is 9.94. The predicted octanol–water partition coefficient (Wildman–Crippen LogP) is 0.971. The number of hydrogen-bond acceptors (Lipinski definition) is 7. The fraction of sp³-hybridized carbons (Fsp3) is 0.846. The van der Waals surface area contributed by atoms with Crippen LogP contribution in [0.3, 0.4) is 0 Å². The van der Waals surface area contributed by atoms with Crippen molar-refractivity contribution >= 4 is 26.3 Å². The average molecular weight is 330 g/mol. The van der Waals surface area contributed by atoms with Crippen molar-refractivity contribution in [2.75, 3.05) is 42.6 Å². The molecule has 1 atom stereocenters. The maximum atomic E-state index is 11.6. The number of nitrogens with zero attached hydrogens (tertiary/aromatic N) is 4. The zero-order valence-electron chi connectivity index (χ0n) is 12.5. The summed E-state index contributed by atoms with van der Waals surface area (Å²) in [6, 6.07) is 0.220. The summed E-state index contributed by atoms with van der Waals surface area (Å²) in [4.78, 5) is 4.59. The topological polar surface area (TPSA) is 66.4 Å². The van der Waals surface area contributed by atoms with Crippen molar-refractivity contribution in [2.45, 2.75) is 32.2 Å². The van der Waals surface area contributed by atoms with Crippen molar-refractivity contribution in [2.24, 2.45) is 0 Å². The molecule has 2 saturated heterocycles. The lowest BCUT2D eigenvalue weighted by molar-refractivity contribution is 0.200. The van der Waals surface area contributed by atoms with Crippen molar-refractivity contribution in [1.82, 2.24) is 15.1 Å². The van der Waals surface area contributed by atoms with Gasteiger partial charge in [-0.05, 0) is 6.42 Å². The maximum Gasteiger partial charge on any atom is 0.208 e. The highest BCUT2D eigenvalue weighted by Crippen LogP contribution is 2.27. The molecule has 21 heavy (non-hydrogen) atoms. The van der Waals surface area contributed by atoms with E-state index in [0.29, 0.717) is 17.4 Å². The highest BCUT2D eigenvalue weighted by atomic mass is 32.2. The SMILES string of the molecule is CC(C)c1nnc(N2CCN(C3CCS(=O)(=O)C3)CC2)s1. The molecular formula is C13H22N4O2S2. The fourth-order valence-corrected chi connectivity index (χ4v) is 5.59. The summed E-state index contributed by atoms with van der Waals surface area (Å²) < 4.78 is 23.2. The van der Waals surface area contributed by atoms with Gasteiger partial charge in [0.05, 0.1) is 11.5 Å². The van der Waals surface area contributed by atoms with Gasteiger partial charge in [-0.2, -0.15) is 0 Å². The summed E-state index contributed by atoms with van der Waals surface area (Å²) in [5.41, 5.74) is 0. The smallest absolute Gasteiger partial charge is 0.208 e. The Morgan fingerprint density at radius 3 is 2.43 bits per heavy atom. The molecule has 0 amide bonds. The number of piperazine rings is 1. The van der Waals surface area contributed by atoms with Gasteiger partial charge in [0.1, 0.15) is 5.01 Å². The quantitative estimate of drug-likeness (QED) is 0.823. The lowest BCUT2D eigenvalue weighted by Gasteiger charge is -2.37. The van der Waals surface area contributed by atoms with Crippen LogP contribution < -0.4 is 4.90 Å². The molecule has 0 bridgehead atoms. The van der Waals surface area contributed by atoms with Gasteiger partial charge in [0.25, 0.3) is 0 Å². The van der Waals surface area contributed by atoms with Gasteiger partial charge in [0, 0.05) is 38.1 Å². The predicted molar refractivity (Wildman–Crippen MR) is 84.8 cm³/mol. The Morgan fingerprint density at radius 1 is 1.19 bits per heavy atom. The van der Waals surface area contributed by atoms with Crippen molar-refractivity contribution in [3.8, 4) is 0 Å². The number of anilines is 1. The van der Waals surface area contributed by atoms with Gasteiger partial charge in [-0.15, -0.1) is 10.2 Å². The minimum absolute atomic E-state index is 0.220. The Hall–Kier alpha value is -0.730. The molecule has 0 radical (unpaired) electrons. The van der Waals surface area contributed by atoms with Gasteiger partial charge in [-0.1, -0.05) is 25.2 Å². The van der Waals surface area contributed by atoms with Crippen LogP contribution in [0.4, 0.5) is 5.13 Å². The van der Waals surface area contributed by atoms with Gasteiger partial charge in [0.2, 0.25) is 5.13 Å². The minimum Gasteiger partial charge on any atom is -0.344 e. The second kappa shape index (κ2) is 5.81. The number of sulfone groups is 1. The molecule has 118 valence electrons. The molecule has 0 spiro atoms. The van der Waals surface area contributed by atoms with E-state index in [1.165, 1.54) is 0 Å². The third-order valence-corrected chi connectivity index (χ3v) is 7.27. The van der Waals surface area contributed by atoms with E-state index >= 15 is 0 Å². The van der Waals surface area contributed by atoms with Crippen molar-refractivity contribution in [3.05, 3.63) is 5.01 Å². The van der Waals surface area contributed by atoms with Gasteiger partial charge in [-0.3, -0.25) is 4.90 Å². The van der Waals surface area contributed by atoms with E-state index in [1.54, 1.807) is 11.3 Å². The summed E-state index contributed by atoms with van der Waals surface area (Å²) in [5.74, 6) is 1.11. The van der Waals surface area contributed by atoms with Crippen molar-refractivity contribution in [1.29, 1.82) is 0 Å². The molecule has 3 heterocycles. The molecule has 1 aromatic heterocycles. The van der Waals surface area contributed by atoms with Gasteiger partial charge in [-0.25, -0.2) is 8.42 Å². The molecule has 6 nitrogen and oxygen atoms in total. The minimum atomic E-state index is -2.79. The first-order valence-electron chi connectivity index (χ1n) is 7.47. The van der Waals surface area contributed by atoms with Crippen LogP contribution >= 0.6 is 11.3 Å².